The predicted octanol–water partition coefficient (Wildman–Crippen LogP) is 0.0535. The molecule has 1 aromatic rings. The van der Waals surface area contributed by atoms with E-state index in [0.717, 1.165) is 12.2 Å². The Labute approximate surface area is 60.0 Å². The van der Waals surface area contributed by atoms with Crippen molar-refractivity contribution in [3.63, 3.8) is 0 Å². The van der Waals surface area contributed by atoms with Crippen molar-refractivity contribution in [3.05, 3.63) is 11.8 Å². The summed E-state index contributed by atoms with van der Waals surface area (Å²) in [4.78, 5) is 2.05. The molecule has 56 valence electrons. The van der Waals surface area contributed by atoms with Crippen LogP contribution in [-0.4, -0.2) is 29.2 Å². The van der Waals surface area contributed by atoms with Crippen LogP contribution in [0.3, 0.4) is 0 Å². The van der Waals surface area contributed by atoms with Gasteiger partial charge in [-0.1, -0.05) is 0 Å². The van der Waals surface area contributed by atoms with Crippen LogP contribution in [0, 0.1) is 0 Å². The number of rotatable bonds is 2. The highest BCUT2D eigenvalue weighted by Gasteiger charge is 1.97. The SMILES string of the molecule is CN(C)Cc1cc(N)n[nH]1. The van der Waals surface area contributed by atoms with Crippen molar-refractivity contribution in [2.24, 2.45) is 0 Å². The number of nitrogens with two attached hydrogens (primary N) is 1. The lowest BCUT2D eigenvalue weighted by molar-refractivity contribution is 0.396. The lowest BCUT2D eigenvalue weighted by Gasteiger charge is -2.05. The second-order valence-corrected chi connectivity index (χ2v) is 2.56. The number of H-pyrrole nitrogens is 1. The molecular weight excluding hydrogens is 128 g/mol. The van der Waals surface area contributed by atoms with Crippen LogP contribution in [0.1, 0.15) is 5.69 Å². The van der Waals surface area contributed by atoms with Gasteiger partial charge in [0.15, 0.2) is 0 Å². The second kappa shape index (κ2) is 2.70. The molecule has 4 nitrogen and oxygen atoms in total. The fourth-order valence-electron chi connectivity index (χ4n) is 0.801. The van der Waals surface area contributed by atoms with E-state index >= 15 is 0 Å². The van der Waals surface area contributed by atoms with E-state index in [0.29, 0.717) is 5.82 Å². The summed E-state index contributed by atoms with van der Waals surface area (Å²) in [6, 6.07) is 1.83. The average Bonchev–Trinajstić information content (AvgIpc) is 2.13. The van der Waals surface area contributed by atoms with Crippen molar-refractivity contribution in [1.29, 1.82) is 0 Å². The van der Waals surface area contributed by atoms with Crippen LogP contribution in [0.4, 0.5) is 5.82 Å². The summed E-state index contributed by atoms with van der Waals surface area (Å²) in [6.45, 7) is 0.851. The summed E-state index contributed by atoms with van der Waals surface area (Å²) < 4.78 is 0. The third-order valence-electron chi connectivity index (χ3n) is 1.14. The van der Waals surface area contributed by atoms with Crippen molar-refractivity contribution in [1.82, 2.24) is 15.1 Å². The highest BCUT2D eigenvalue weighted by Crippen LogP contribution is 2.01. The number of aromatic amines is 1. The summed E-state index contributed by atoms with van der Waals surface area (Å²) in [6.07, 6.45) is 0. The maximum atomic E-state index is 5.39. The van der Waals surface area contributed by atoms with Crippen molar-refractivity contribution in [2.75, 3.05) is 19.8 Å². The Morgan fingerprint density at radius 2 is 2.40 bits per heavy atom. The van der Waals surface area contributed by atoms with Crippen LogP contribution in [0.5, 0.6) is 0 Å². The molecule has 0 fully saturated rings. The molecule has 3 N–H and O–H groups in total. The minimum absolute atomic E-state index is 0.553. The van der Waals surface area contributed by atoms with E-state index in [1.165, 1.54) is 0 Å². The first kappa shape index (κ1) is 7.08. The van der Waals surface area contributed by atoms with Gasteiger partial charge in [-0.2, -0.15) is 5.10 Å². The van der Waals surface area contributed by atoms with E-state index in [-0.39, 0.29) is 0 Å². The fourth-order valence-corrected chi connectivity index (χ4v) is 0.801. The first-order valence-corrected chi connectivity index (χ1v) is 3.13. The Hall–Kier alpha value is -1.03. The van der Waals surface area contributed by atoms with E-state index in [1.54, 1.807) is 0 Å². The van der Waals surface area contributed by atoms with Gasteiger partial charge in [-0.15, -0.1) is 0 Å². The summed E-state index contributed by atoms with van der Waals surface area (Å²) in [5.74, 6) is 0.553. The van der Waals surface area contributed by atoms with Crippen LogP contribution in [0.25, 0.3) is 0 Å². The van der Waals surface area contributed by atoms with Gasteiger partial charge in [0.05, 0.1) is 5.69 Å². The fraction of sp³-hybridized carbons (Fsp3) is 0.500. The molecule has 0 unspecified atom stereocenters. The van der Waals surface area contributed by atoms with Gasteiger partial charge >= 0.3 is 0 Å². The quantitative estimate of drug-likeness (QED) is 0.610. The Kier molecular flexibility index (Phi) is 1.91. The molecule has 0 radical (unpaired) electrons. The summed E-state index contributed by atoms with van der Waals surface area (Å²) in [5, 5.41) is 6.62. The second-order valence-electron chi connectivity index (χ2n) is 2.56. The van der Waals surface area contributed by atoms with Crippen molar-refractivity contribution >= 4 is 5.82 Å². The number of nitrogens with zero attached hydrogens (tertiary/aromatic N) is 2. The number of nitrogen functional groups attached to an aromatic ring is 1. The van der Waals surface area contributed by atoms with Crippen molar-refractivity contribution in [2.45, 2.75) is 6.54 Å². The minimum atomic E-state index is 0.553. The van der Waals surface area contributed by atoms with Crippen LogP contribution in [0.2, 0.25) is 0 Å². The molecule has 0 aliphatic heterocycles. The molecule has 10 heavy (non-hydrogen) atoms. The largest absolute Gasteiger partial charge is 0.382 e. The van der Waals surface area contributed by atoms with Gasteiger partial charge in [-0.3, -0.25) is 5.10 Å². The van der Waals surface area contributed by atoms with Gasteiger partial charge in [0.2, 0.25) is 0 Å². The first-order chi connectivity index (χ1) is 4.68. The summed E-state index contributed by atoms with van der Waals surface area (Å²) >= 11 is 0. The van der Waals surface area contributed by atoms with E-state index < -0.39 is 0 Å². The Morgan fingerprint density at radius 1 is 1.70 bits per heavy atom. The predicted molar refractivity (Wildman–Crippen MR) is 40.4 cm³/mol. The molecule has 0 aliphatic carbocycles. The molecule has 0 aromatic carbocycles. The van der Waals surface area contributed by atoms with Crippen LogP contribution in [0.15, 0.2) is 6.07 Å². The number of hydrogen-bond acceptors (Lipinski definition) is 3. The molecule has 1 heterocycles. The molecule has 0 amide bonds. The lowest BCUT2D eigenvalue weighted by atomic mass is 10.4. The van der Waals surface area contributed by atoms with Crippen LogP contribution < -0.4 is 5.73 Å². The maximum absolute atomic E-state index is 5.39. The molecule has 0 atom stereocenters. The van der Waals surface area contributed by atoms with E-state index in [4.69, 9.17) is 5.73 Å². The Bertz CT molecular complexity index is 203. The number of anilines is 1. The normalized spacial score (nSPS) is 10.7. The molecule has 1 rings (SSSR count). The average molecular weight is 140 g/mol. The zero-order valence-corrected chi connectivity index (χ0v) is 6.26. The van der Waals surface area contributed by atoms with Crippen molar-refractivity contribution in [3.8, 4) is 0 Å². The molecule has 0 bridgehead atoms. The number of nitrogens with one attached hydrogen (secondary N) is 1. The Morgan fingerprint density at radius 3 is 2.80 bits per heavy atom. The highest BCUT2D eigenvalue weighted by molar-refractivity contribution is 5.28. The van der Waals surface area contributed by atoms with Gasteiger partial charge in [0, 0.05) is 12.6 Å². The zero-order valence-electron chi connectivity index (χ0n) is 6.26. The zero-order chi connectivity index (χ0) is 7.56. The Balaban J connectivity index is 2.58. The number of aromatic nitrogens is 2. The highest BCUT2D eigenvalue weighted by atomic mass is 15.2. The van der Waals surface area contributed by atoms with E-state index in [2.05, 4.69) is 10.2 Å². The number of hydrogen-bond donors (Lipinski definition) is 2. The molecule has 0 spiro atoms. The van der Waals surface area contributed by atoms with Crippen LogP contribution in [-0.2, 0) is 6.54 Å². The van der Waals surface area contributed by atoms with Gasteiger partial charge in [-0.05, 0) is 14.1 Å². The van der Waals surface area contributed by atoms with E-state index in [1.807, 2.05) is 25.1 Å². The minimum Gasteiger partial charge on any atom is -0.382 e. The van der Waals surface area contributed by atoms with Crippen LogP contribution >= 0.6 is 0 Å². The lowest BCUT2D eigenvalue weighted by Crippen LogP contribution is -2.10. The molecule has 1 aromatic heterocycles. The van der Waals surface area contributed by atoms with Gasteiger partial charge in [-0.25, -0.2) is 0 Å². The topological polar surface area (TPSA) is 57.9 Å². The molecule has 4 heteroatoms. The summed E-state index contributed by atoms with van der Waals surface area (Å²) in [7, 11) is 3.99. The standard InChI is InChI=1S/C6H12N4/c1-10(2)4-5-3-6(7)9-8-5/h3H,4H2,1-2H3,(H3,7,8,9). The van der Waals surface area contributed by atoms with Gasteiger partial charge < -0.3 is 10.6 Å². The summed E-state index contributed by atoms with van der Waals surface area (Å²) in [5.41, 5.74) is 6.44. The molecule has 0 aliphatic rings. The molecule has 0 saturated carbocycles. The van der Waals surface area contributed by atoms with Gasteiger partial charge in [0.25, 0.3) is 0 Å². The smallest absolute Gasteiger partial charge is 0.145 e. The van der Waals surface area contributed by atoms with Gasteiger partial charge in [0.1, 0.15) is 5.82 Å². The maximum Gasteiger partial charge on any atom is 0.145 e. The third-order valence-corrected chi connectivity index (χ3v) is 1.14. The third kappa shape index (κ3) is 1.73. The first-order valence-electron chi connectivity index (χ1n) is 3.13. The molecule has 0 saturated heterocycles. The molecular formula is C6H12N4. The monoisotopic (exact) mass is 140 g/mol. The van der Waals surface area contributed by atoms with E-state index in [9.17, 15) is 0 Å². The van der Waals surface area contributed by atoms with Crippen molar-refractivity contribution < 1.29 is 0 Å².